The number of likely N-dealkylation sites (tertiary alicyclic amines) is 1. The second kappa shape index (κ2) is 6.18. The number of rotatable bonds is 3. The fourth-order valence-electron chi connectivity index (χ4n) is 2.61. The van der Waals surface area contributed by atoms with E-state index in [4.69, 9.17) is 0 Å². The van der Waals surface area contributed by atoms with Gasteiger partial charge in [0, 0.05) is 11.0 Å². The number of piperidine rings is 1. The Hall–Kier alpha value is -0.380. The van der Waals surface area contributed by atoms with Crippen LogP contribution in [0, 0.1) is 12.8 Å². The summed E-state index contributed by atoms with van der Waals surface area (Å²) < 4.78 is 1.21. The highest BCUT2D eigenvalue weighted by Crippen LogP contribution is 2.24. The minimum atomic E-state index is -0.154. The van der Waals surface area contributed by atoms with Crippen molar-refractivity contribution >= 4 is 15.9 Å². The Balaban J connectivity index is 1.91. The molecule has 0 saturated carbocycles. The van der Waals surface area contributed by atoms with Gasteiger partial charge in [-0.25, -0.2) is 0 Å². The Bertz CT molecular complexity index is 397. The van der Waals surface area contributed by atoms with E-state index < -0.39 is 0 Å². The molecule has 0 radical (unpaired) electrons. The zero-order valence-corrected chi connectivity index (χ0v) is 12.8. The highest BCUT2D eigenvalue weighted by atomic mass is 79.9. The third-order valence-corrected chi connectivity index (χ3v) is 4.66. The van der Waals surface area contributed by atoms with Crippen molar-refractivity contribution in [2.45, 2.75) is 39.3 Å². The lowest BCUT2D eigenvalue weighted by Crippen LogP contribution is -2.36. The predicted octanol–water partition coefficient (Wildman–Crippen LogP) is 3.35. The maximum atomic E-state index is 9.60. The Kier molecular flexibility index (Phi) is 4.82. The average Bonchev–Trinajstić information content (AvgIpc) is 2.33. The molecule has 1 heterocycles. The average molecular weight is 312 g/mol. The fourth-order valence-corrected chi connectivity index (χ4v) is 3.23. The number of aliphatic hydroxyl groups excluding tert-OH is 1. The quantitative estimate of drug-likeness (QED) is 0.925. The van der Waals surface area contributed by atoms with Crippen LogP contribution in [0.15, 0.2) is 22.7 Å². The SMILES string of the molecule is Cc1ccc(CN2CCC(C(C)O)CC2)c(Br)c1. The number of aryl methyl sites for hydroxylation is 1. The van der Waals surface area contributed by atoms with Crippen LogP contribution in [0.3, 0.4) is 0 Å². The largest absolute Gasteiger partial charge is 0.393 e. The number of aliphatic hydroxyl groups is 1. The van der Waals surface area contributed by atoms with E-state index in [1.807, 2.05) is 6.92 Å². The molecule has 1 unspecified atom stereocenters. The van der Waals surface area contributed by atoms with Crippen LogP contribution in [0.4, 0.5) is 0 Å². The van der Waals surface area contributed by atoms with E-state index in [1.165, 1.54) is 15.6 Å². The molecule has 2 rings (SSSR count). The molecule has 2 nitrogen and oxygen atoms in total. The van der Waals surface area contributed by atoms with Gasteiger partial charge in [-0.2, -0.15) is 0 Å². The van der Waals surface area contributed by atoms with E-state index in [0.717, 1.165) is 32.5 Å². The first-order chi connectivity index (χ1) is 8.56. The molecular formula is C15H22BrNO. The molecule has 0 amide bonds. The van der Waals surface area contributed by atoms with Crippen molar-refractivity contribution in [1.82, 2.24) is 4.90 Å². The first-order valence-electron chi connectivity index (χ1n) is 6.71. The summed E-state index contributed by atoms with van der Waals surface area (Å²) in [4.78, 5) is 2.48. The maximum Gasteiger partial charge on any atom is 0.0541 e. The van der Waals surface area contributed by atoms with Gasteiger partial charge in [0.05, 0.1) is 6.10 Å². The Morgan fingerprint density at radius 3 is 2.61 bits per heavy atom. The van der Waals surface area contributed by atoms with Crippen LogP contribution in [0.1, 0.15) is 30.9 Å². The monoisotopic (exact) mass is 311 g/mol. The minimum absolute atomic E-state index is 0.154. The van der Waals surface area contributed by atoms with Gasteiger partial charge in [-0.3, -0.25) is 4.90 Å². The second-order valence-corrected chi connectivity index (χ2v) is 6.30. The molecule has 18 heavy (non-hydrogen) atoms. The van der Waals surface area contributed by atoms with Crippen molar-refractivity contribution in [1.29, 1.82) is 0 Å². The van der Waals surface area contributed by atoms with Gasteiger partial charge in [-0.05, 0) is 62.9 Å². The molecule has 1 aliphatic rings. The first-order valence-corrected chi connectivity index (χ1v) is 7.51. The van der Waals surface area contributed by atoms with E-state index in [9.17, 15) is 5.11 Å². The van der Waals surface area contributed by atoms with Crippen LogP contribution < -0.4 is 0 Å². The Morgan fingerprint density at radius 2 is 2.06 bits per heavy atom. The summed E-state index contributed by atoms with van der Waals surface area (Å²) in [6.45, 7) is 7.22. The van der Waals surface area contributed by atoms with E-state index >= 15 is 0 Å². The lowest BCUT2D eigenvalue weighted by atomic mass is 9.92. The van der Waals surface area contributed by atoms with Crippen molar-refractivity contribution < 1.29 is 5.11 Å². The molecule has 0 aromatic heterocycles. The van der Waals surface area contributed by atoms with Gasteiger partial charge in [0.15, 0.2) is 0 Å². The molecule has 0 bridgehead atoms. The molecule has 3 heteroatoms. The van der Waals surface area contributed by atoms with Gasteiger partial charge in [-0.1, -0.05) is 28.1 Å². The molecule has 1 saturated heterocycles. The topological polar surface area (TPSA) is 23.5 Å². The van der Waals surface area contributed by atoms with Gasteiger partial charge in [0.2, 0.25) is 0 Å². The van der Waals surface area contributed by atoms with Gasteiger partial charge >= 0.3 is 0 Å². The third kappa shape index (κ3) is 3.56. The number of nitrogens with zero attached hydrogens (tertiary/aromatic N) is 1. The highest BCUT2D eigenvalue weighted by molar-refractivity contribution is 9.10. The maximum absolute atomic E-state index is 9.60. The summed E-state index contributed by atoms with van der Waals surface area (Å²) in [7, 11) is 0. The Labute approximate surface area is 118 Å². The van der Waals surface area contributed by atoms with Crippen LogP contribution >= 0.6 is 15.9 Å². The fraction of sp³-hybridized carbons (Fsp3) is 0.600. The van der Waals surface area contributed by atoms with Crippen LogP contribution in [0.2, 0.25) is 0 Å². The van der Waals surface area contributed by atoms with Gasteiger partial charge < -0.3 is 5.11 Å². The smallest absolute Gasteiger partial charge is 0.0541 e. The molecular weight excluding hydrogens is 290 g/mol. The highest BCUT2D eigenvalue weighted by Gasteiger charge is 2.22. The molecule has 0 aliphatic carbocycles. The van der Waals surface area contributed by atoms with Crippen LogP contribution in [0.5, 0.6) is 0 Å². The summed E-state index contributed by atoms with van der Waals surface area (Å²) in [5.41, 5.74) is 2.65. The van der Waals surface area contributed by atoms with Crippen molar-refractivity contribution in [3.63, 3.8) is 0 Å². The molecule has 1 atom stereocenters. The van der Waals surface area contributed by atoms with Crippen molar-refractivity contribution in [2.24, 2.45) is 5.92 Å². The van der Waals surface area contributed by atoms with E-state index in [-0.39, 0.29) is 6.10 Å². The number of halogens is 1. The summed E-state index contributed by atoms with van der Waals surface area (Å²) >= 11 is 3.64. The van der Waals surface area contributed by atoms with E-state index in [0.29, 0.717) is 5.92 Å². The molecule has 1 aromatic carbocycles. The van der Waals surface area contributed by atoms with Crippen molar-refractivity contribution in [3.8, 4) is 0 Å². The lowest BCUT2D eigenvalue weighted by Gasteiger charge is -2.33. The standard InChI is InChI=1S/C15H22BrNO/c1-11-3-4-14(15(16)9-11)10-17-7-5-13(6-8-17)12(2)18/h3-4,9,12-13,18H,5-8,10H2,1-2H3. The van der Waals surface area contributed by atoms with Crippen LogP contribution in [-0.2, 0) is 6.54 Å². The molecule has 100 valence electrons. The van der Waals surface area contributed by atoms with Crippen molar-refractivity contribution in [2.75, 3.05) is 13.1 Å². The first kappa shape index (κ1) is 14.0. The molecule has 1 N–H and O–H groups in total. The molecule has 1 aliphatic heterocycles. The lowest BCUT2D eigenvalue weighted by molar-refractivity contribution is 0.0695. The Morgan fingerprint density at radius 1 is 1.39 bits per heavy atom. The minimum Gasteiger partial charge on any atom is -0.393 e. The zero-order valence-electron chi connectivity index (χ0n) is 11.2. The van der Waals surface area contributed by atoms with Gasteiger partial charge in [0.25, 0.3) is 0 Å². The third-order valence-electron chi connectivity index (χ3n) is 3.92. The zero-order chi connectivity index (χ0) is 13.1. The summed E-state index contributed by atoms with van der Waals surface area (Å²) in [6, 6.07) is 6.56. The molecule has 1 aromatic rings. The van der Waals surface area contributed by atoms with E-state index in [1.54, 1.807) is 0 Å². The summed E-state index contributed by atoms with van der Waals surface area (Å²) in [5.74, 6) is 0.489. The second-order valence-electron chi connectivity index (χ2n) is 5.45. The van der Waals surface area contributed by atoms with E-state index in [2.05, 4.69) is 46.0 Å². The van der Waals surface area contributed by atoms with Crippen LogP contribution in [0.25, 0.3) is 0 Å². The number of benzene rings is 1. The summed E-state index contributed by atoms with van der Waals surface area (Å²) in [6.07, 6.45) is 2.07. The number of hydrogen-bond acceptors (Lipinski definition) is 2. The molecule has 1 fully saturated rings. The molecule has 0 spiro atoms. The van der Waals surface area contributed by atoms with Gasteiger partial charge in [0.1, 0.15) is 0 Å². The summed E-state index contributed by atoms with van der Waals surface area (Å²) in [5, 5.41) is 9.60. The van der Waals surface area contributed by atoms with Crippen molar-refractivity contribution in [3.05, 3.63) is 33.8 Å². The van der Waals surface area contributed by atoms with Gasteiger partial charge in [-0.15, -0.1) is 0 Å². The predicted molar refractivity (Wildman–Crippen MR) is 78.6 cm³/mol. The van der Waals surface area contributed by atoms with Crippen LogP contribution in [-0.4, -0.2) is 29.2 Å². The number of hydrogen-bond donors (Lipinski definition) is 1. The normalized spacial score (nSPS) is 20.0.